The van der Waals surface area contributed by atoms with E-state index in [9.17, 15) is 19.5 Å². The van der Waals surface area contributed by atoms with Crippen LogP contribution >= 0.6 is 0 Å². The van der Waals surface area contributed by atoms with Gasteiger partial charge in [-0.25, -0.2) is 4.79 Å². The summed E-state index contributed by atoms with van der Waals surface area (Å²) >= 11 is 0. The van der Waals surface area contributed by atoms with Crippen LogP contribution in [-0.4, -0.2) is 46.6 Å². The molecule has 2 unspecified atom stereocenters. The number of likely N-dealkylation sites (N-methyl/N-ethyl adjacent to an activating group) is 1. The number of aromatic hydroxyl groups is 1. The molecule has 212 valence electrons. The predicted octanol–water partition coefficient (Wildman–Crippen LogP) is 5.82. The summed E-state index contributed by atoms with van der Waals surface area (Å²) in [5, 5.41) is 18.3. The predicted molar refractivity (Wildman–Crippen MR) is 159 cm³/mol. The lowest BCUT2D eigenvalue weighted by Crippen LogP contribution is -2.52. The minimum atomic E-state index is -1.20. The van der Waals surface area contributed by atoms with Crippen LogP contribution in [0, 0.1) is 0 Å². The van der Waals surface area contributed by atoms with E-state index in [0.717, 1.165) is 16.3 Å². The molecule has 3 amide bonds. The van der Waals surface area contributed by atoms with Crippen molar-refractivity contribution < 1.29 is 24.2 Å². The first-order valence-electron chi connectivity index (χ1n) is 13.4. The number of benzene rings is 4. The second-order valence-corrected chi connectivity index (χ2v) is 10.9. The van der Waals surface area contributed by atoms with Gasteiger partial charge in [-0.2, -0.15) is 0 Å². The number of phenolic OH excluding ortho intramolecular Hbond substituents is 1. The SMILES string of the molecule is CN(C(=O)C(Cc1ccccc1)NC(=O)OC(C)(C)C)C(C(=O)Nc1ccc2ccccc2c1)c1ccccc1O. The Morgan fingerprint density at radius 2 is 1.49 bits per heavy atom. The van der Waals surface area contributed by atoms with E-state index in [0.29, 0.717) is 5.69 Å². The van der Waals surface area contributed by atoms with Crippen LogP contribution in [0.4, 0.5) is 10.5 Å². The van der Waals surface area contributed by atoms with Crippen LogP contribution < -0.4 is 10.6 Å². The Bertz CT molecular complexity index is 1530. The molecule has 4 rings (SSSR count). The van der Waals surface area contributed by atoms with Crippen molar-refractivity contribution >= 4 is 34.4 Å². The highest BCUT2D eigenvalue weighted by molar-refractivity contribution is 6.00. The Morgan fingerprint density at radius 3 is 2.17 bits per heavy atom. The number of amides is 3. The molecule has 3 N–H and O–H groups in total. The number of alkyl carbamates (subject to hydrolysis) is 1. The Hall–Kier alpha value is -4.85. The minimum Gasteiger partial charge on any atom is -0.508 e. The molecular formula is C33H35N3O5. The quantitative estimate of drug-likeness (QED) is 0.255. The lowest BCUT2D eigenvalue weighted by Gasteiger charge is -2.32. The van der Waals surface area contributed by atoms with Gasteiger partial charge in [-0.1, -0.05) is 78.9 Å². The largest absolute Gasteiger partial charge is 0.508 e. The topological polar surface area (TPSA) is 108 Å². The molecule has 4 aromatic rings. The number of rotatable bonds is 8. The maximum absolute atomic E-state index is 14.0. The number of ether oxygens (including phenoxy) is 1. The number of hydrogen-bond donors (Lipinski definition) is 3. The maximum Gasteiger partial charge on any atom is 0.408 e. The van der Waals surface area contributed by atoms with E-state index in [1.807, 2.05) is 66.7 Å². The van der Waals surface area contributed by atoms with Crippen LogP contribution in [0.5, 0.6) is 5.75 Å². The molecule has 0 aliphatic heterocycles. The lowest BCUT2D eigenvalue weighted by molar-refractivity contribution is -0.139. The van der Waals surface area contributed by atoms with Crippen molar-refractivity contribution in [2.45, 2.75) is 44.9 Å². The van der Waals surface area contributed by atoms with Crippen molar-refractivity contribution in [3.8, 4) is 5.75 Å². The summed E-state index contributed by atoms with van der Waals surface area (Å²) < 4.78 is 5.42. The van der Waals surface area contributed by atoms with E-state index in [1.54, 1.807) is 45.0 Å². The van der Waals surface area contributed by atoms with Crippen LogP contribution in [0.3, 0.4) is 0 Å². The summed E-state index contributed by atoms with van der Waals surface area (Å²) in [6.07, 6.45) is -0.580. The number of para-hydroxylation sites is 1. The van der Waals surface area contributed by atoms with E-state index in [1.165, 1.54) is 18.0 Å². The number of nitrogens with zero attached hydrogens (tertiary/aromatic N) is 1. The Balaban J connectivity index is 1.66. The van der Waals surface area contributed by atoms with Gasteiger partial charge in [0, 0.05) is 24.7 Å². The van der Waals surface area contributed by atoms with Crippen molar-refractivity contribution in [3.63, 3.8) is 0 Å². The van der Waals surface area contributed by atoms with E-state index >= 15 is 0 Å². The van der Waals surface area contributed by atoms with Crippen molar-refractivity contribution in [1.29, 1.82) is 0 Å². The molecule has 0 aliphatic rings. The van der Waals surface area contributed by atoms with Gasteiger partial charge in [0.25, 0.3) is 5.91 Å². The number of anilines is 1. The molecule has 2 atom stereocenters. The highest BCUT2D eigenvalue weighted by atomic mass is 16.6. The molecule has 0 aliphatic carbocycles. The maximum atomic E-state index is 14.0. The van der Waals surface area contributed by atoms with Crippen LogP contribution in [0.25, 0.3) is 10.8 Å². The normalized spacial score (nSPS) is 12.7. The fourth-order valence-electron chi connectivity index (χ4n) is 4.59. The molecule has 4 aromatic carbocycles. The average molecular weight is 554 g/mol. The second-order valence-electron chi connectivity index (χ2n) is 10.9. The summed E-state index contributed by atoms with van der Waals surface area (Å²) in [6, 6.07) is 26.7. The third-order valence-corrected chi connectivity index (χ3v) is 6.50. The number of carbonyl (C=O) groups excluding carboxylic acids is 3. The Labute approximate surface area is 239 Å². The van der Waals surface area contributed by atoms with Gasteiger partial charge in [-0.05, 0) is 55.3 Å². The highest BCUT2D eigenvalue weighted by Crippen LogP contribution is 2.30. The molecule has 0 saturated heterocycles. The van der Waals surface area contributed by atoms with Gasteiger partial charge >= 0.3 is 6.09 Å². The second kappa shape index (κ2) is 12.6. The van der Waals surface area contributed by atoms with Gasteiger partial charge in [0.05, 0.1) is 0 Å². The average Bonchev–Trinajstić information content (AvgIpc) is 2.93. The fraction of sp³-hybridized carbons (Fsp3) is 0.242. The van der Waals surface area contributed by atoms with E-state index in [-0.39, 0.29) is 17.7 Å². The zero-order valence-corrected chi connectivity index (χ0v) is 23.6. The van der Waals surface area contributed by atoms with Gasteiger partial charge in [0.1, 0.15) is 23.4 Å². The molecule has 0 radical (unpaired) electrons. The molecule has 8 heteroatoms. The van der Waals surface area contributed by atoms with Gasteiger partial charge in [0.15, 0.2) is 0 Å². The van der Waals surface area contributed by atoms with Crippen molar-refractivity contribution in [2.24, 2.45) is 0 Å². The molecular weight excluding hydrogens is 518 g/mol. The van der Waals surface area contributed by atoms with Gasteiger partial charge < -0.3 is 25.4 Å². The number of fused-ring (bicyclic) bond motifs is 1. The first-order chi connectivity index (χ1) is 19.5. The van der Waals surface area contributed by atoms with Gasteiger partial charge in [-0.15, -0.1) is 0 Å². The lowest BCUT2D eigenvalue weighted by atomic mass is 10.00. The van der Waals surface area contributed by atoms with Crippen LogP contribution in [0.1, 0.15) is 37.9 Å². The van der Waals surface area contributed by atoms with Crippen LogP contribution in [0.2, 0.25) is 0 Å². The molecule has 0 aromatic heterocycles. The third-order valence-electron chi connectivity index (χ3n) is 6.50. The Morgan fingerprint density at radius 1 is 0.854 bits per heavy atom. The van der Waals surface area contributed by atoms with Gasteiger partial charge in [0.2, 0.25) is 5.91 Å². The van der Waals surface area contributed by atoms with Crippen molar-refractivity contribution in [3.05, 3.63) is 108 Å². The molecule has 0 spiro atoms. The fourth-order valence-corrected chi connectivity index (χ4v) is 4.59. The smallest absolute Gasteiger partial charge is 0.408 e. The van der Waals surface area contributed by atoms with E-state index in [4.69, 9.17) is 4.74 Å². The molecule has 8 nitrogen and oxygen atoms in total. The summed E-state index contributed by atoms with van der Waals surface area (Å²) in [5.41, 5.74) is 0.837. The number of carbonyl (C=O) groups is 3. The van der Waals surface area contributed by atoms with E-state index < -0.39 is 35.6 Å². The highest BCUT2D eigenvalue weighted by Gasteiger charge is 2.35. The third kappa shape index (κ3) is 7.63. The van der Waals surface area contributed by atoms with Gasteiger partial charge in [-0.3, -0.25) is 9.59 Å². The Kier molecular flexibility index (Phi) is 8.92. The first-order valence-corrected chi connectivity index (χ1v) is 13.4. The number of nitrogens with one attached hydrogen (secondary N) is 2. The number of phenols is 1. The summed E-state index contributed by atoms with van der Waals surface area (Å²) in [5.74, 6) is -1.18. The zero-order valence-electron chi connectivity index (χ0n) is 23.6. The number of hydrogen-bond acceptors (Lipinski definition) is 5. The minimum absolute atomic E-state index is 0.134. The monoisotopic (exact) mass is 553 g/mol. The van der Waals surface area contributed by atoms with Crippen molar-refractivity contribution in [1.82, 2.24) is 10.2 Å². The van der Waals surface area contributed by atoms with Crippen LogP contribution in [-0.2, 0) is 20.7 Å². The standard InChI is InChI=1S/C33H35N3O5/c1-33(2,3)41-32(40)35-27(20-22-12-6-5-7-13-22)31(39)36(4)29(26-16-10-11-17-28(26)37)30(38)34-25-19-18-23-14-8-9-15-24(23)21-25/h5-19,21,27,29,37H,20H2,1-4H3,(H,34,38)(H,35,40). The zero-order chi connectivity index (χ0) is 29.6. The summed E-state index contributed by atoms with van der Waals surface area (Å²) in [7, 11) is 1.48. The molecule has 0 bridgehead atoms. The van der Waals surface area contributed by atoms with Crippen LogP contribution in [0.15, 0.2) is 97.1 Å². The summed E-state index contributed by atoms with van der Waals surface area (Å²) in [6.45, 7) is 5.20. The molecule has 0 fully saturated rings. The first kappa shape index (κ1) is 29.1. The molecule has 41 heavy (non-hydrogen) atoms. The molecule has 0 saturated carbocycles. The van der Waals surface area contributed by atoms with E-state index in [2.05, 4.69) is 10.6 Å². The van der Waals surface area contributed by atoms with Crippen molar-refractivity contribution in [2.75, 3.05) is 12.4 Å². The summed E-state index contributed by atoms with van der Waals surface area (Å²) in [4.78, 5) is 41.8. The molecule has 0 heterocycles.